The highest BCUT2D eigenvalue weighted by Gasteiger charge is 2.50. The van der Waals surface area contributed by atoms with E-state index in [0.717, 1.165) is 51.4 Å². The molecule has 2 nitrogen and oxygen atoms in total. The predicted molar refractivity (Wildman–Crippen MR) is 153 cm³/mol. The first-order chi connectivity index (χ1) is 16.6. The van der Waals surface area contributed by atoms with Gasteiger partial charge in [0, 0.05) is 5.92 Å². The third-order valence-electron chi connectivity index (χ3n) is 9.00. The van der Waals surface area contributed by atoms with Crippen molar-refractivity contribution in [2.75, 3.05) is 0 Å². The van der Waals surface area contributed by atoms with Crippen LogP contribution in [0, 0.1) is 5.92 Å². The lowest BCUT2D eigenvalue weighted by Crippen LogP contribution is -2.53. The number of hydrogen-bond donors (Lipinski definition) is 1. The molecule has 1 saturated heterocycles. The SMILES string of the molecule is CCCCCCC12OC(C)(CCC/C(C)=C/CCC(C)(O)CCCCC)CCC1=CC=C(C)C2C. The molecule has 1 aliphatic heterocycles. The molecule has 4 atom stereocenters. The lowest BCUT2D eigenvalue weighted by Gasteiger charge is -2.53. The molecule has 4 unspecified atom stereocenters. The lowest BCUT2D eigenvalue weighted by atomic mass is 9.67. The quantitative estimate of drug-likeness (QED) is 0.174. The fourth-order valence-corrected chi connectivity index (χ4v) is 6.27. The van der Waals surface area contributed by atoms with Gasteiger partial charge in [-0.2, -0.15) is 0 Å². The molecule has 0 amide bonds. The Morgan fingerprint density at radius 3 is 2.49 bits per heavy atom. The highest BCUT2D eigenvalue weighted by atomic mass is 16.5. The summed E-state index contributed by atoms with van der Waals surface area (Å²) in [5.74, 6) is 0.468. The van der Waals surface area contributed by atoms with E-state index in [1.54, 1.807) is 5.57 Å². The van der Waals surface area contributed by atoms with E-state index < -0.39 is 5.60 Å². The van der Waals surface area contributed by atoms with Crippen molar-refractivity contribution in [2.45, 2.75) is 168 Å². The van der Waals surface area contributed by atoms with Crippen LogP contribution < -0.4 is 0 Å². The minimum Gasteiger partial charge on any atom is -0.390 e. The number of hydrogen-bond acceptors (Lipinski definition) is 2. The Morgan fingerprint density at radius 2 is 1.77 bits per heavy atom. The van der Waals surface area contributed by atoms with Crippen LogP contribution in [0.2, 0.25) is 0 Å². The summed E-state index contributed by atoms with van der Waals surface area (Å²) in [5, 5.41) is 10.6. The highest BCUT2D eigenvalue weighted by molar-refractivity contribution is 5.36. The molecule has 0 saturated carbocycles. The van der Waals surface area contributed by atoms with E-state index in [9.17, 15) is 5.11 Å². The van der Waals surface area contributed by atoms with Gasteiger partial charge >= 0.3 is 0 Å². The van der Waals surface area contributed by atoms with Crippen molar-refractivity contribution in [1.29, 1.82) is 0 Å². The van der Waals surface area contributed by atoms with Gasteiger partial charge in [0.05, 0.1) is 16.8 Å². The highest BCUT2D eigenvalue weighted by Crippen LogP contribution is 2.51. The number of rotatable bonds is 16. The fraction of sp³-hybridized carbons (Fsp3) is 0.818. The molecule has 2 rings (SSSR count). The van der Waals surface area contributed by atoms with Crippen LogP contribution >= 0.6 is 0 Å². The van der Waals surface area contributed by atoms with Crippen LogP contribution in [0.15, 0.2) is 34.9 Å². The summed E-state index contributed by atoms with van der Waals surface area (Å²) in [5.41, 5.74) is 3.85. The Balaban J connectivity index is 1.90. The third-order valence-corrected chi connectivity index (χ3v) is 9.00. The minimum absolute atomic E-state index is 0.0306. The molecule has 2 aliphatic rings. The van der Waals surface area contributed by atoms with Gasteiger partial charge in [-0.25, -0.2) is 0 Å². The van der Waals surface area contributed by atoms with E-state index in [2.05, 4.69) is 59.8 Å². The average Bonchev–Trinajstić information content (AvgIpc) is 2.80. The summed E-state index contributed by atoms with van der Waals surface area (Å²) in [7, 11) is 0. The van der Waals surface area contributed by atoms with Crippen LogP contribution in [0.1, 0.15) is 151 Å². The van der Waals surface area contributed by atoms with Crippen molar-refractivity contribution in [3.8, 4) is 0 Å². The Labute approximate surface area is 218 Å². The second kappa shape index (κ2) is 14.2. The number of ether oxygens (including phenoxy) is 1. The van der Waals surface area contributed by atoms with Gasteiger partial charge in [0.2, 0.25) is 0 Å². The fourth-order valence-electron chi connectivity index (χ4n) is 6.27. The first-order valence-electron chi connectivity index (χ1n) is 15.0. The Bertz CT molecular complexity index is 727. The molecule has 0 aromatic heterocycles. The molecule has 0 bridgehead atoms. The van der Waals surface area contributed by atoms with Crippen molar-refractivity contribution in [2.24, 2.45) is 5.92 Å². The molecule has 1 fully saturated rings. The van der Waals surface area contributed by atoms with Gasteiger partial charge in [-0.05, 0) is 91.1 Å². The molecule has 202 valence electrons. The van der Waals surface area contributed by atoms with E-state index in [0.29, 0.717) is 5.92 Å². The normalized spacial score (nSPS) is 28.8. The maximum atomic E-state index is 10.6. The largest absolute Gasteiger partial charge is 0.390 e. The van der Waals surface area contributed by atoms with Crippen LogP contribution in [-0.2, 0) is 4.74 Å². The van der Waals surface area contributed by atoms with Gasteiger partial charge in [-0.3, -0.25) is 0 Å². The maximum absolute atomic E-state index is 10.6. The Hall–Kier alpha value is -0.860. The topological polar surface area (TPSA) is 29.5 Å². The smallest absolute Gasteiger partial charge is 0.0964 e. The van der Waals surface area contributed by atoms with Crippen LogP contribution in [0.3, 0.4) is 0 Å². The molecule has 2 heteroatoms. The van der Waals surface area contributed by atoms with Gasteiger partial charge in [-0.15, -0.1) is 0 Å². The summed E-state index contributed by atoms with van der Waals surface area (Å²) in [4.78, 5) is 0. The van der Waals surface area contributed by atoms with Gasteiger partial charge in [0.25, 0.3) is 0 Å². The molecular weight excluding hydrogens is 428 g/mol. The molecule has 0 spiro atoms. The second-order valence-electron chi connectivity index (χ2n) is 12.5. The monoisotopic (exact) mass is 486 g/mol. The predicted octanol–water partition coefficient (Wildman–Crippen LogP) is 10.0. The minimum atomic E-state index is -0.519. The van der Waals surface area contributed by atoms with E-state index in [4.69, 9.17) is 4.74 Å². The van der Waals surface area contributed by atoms with E-state index in [1.165, 1.54) is 62.5 Å². The second-order valence-corrected chi connectivity index (χ2v) is 12.5. The van der Waals surface area contributed by atoms with Crippen molar-refractivity contribution < 1.29 is 9.84 Å². The van der Waals surface area contributed by atoms with Crippen molar-refractivity contribution >= 4 is 0 Å². The summed E-state index contributed by atoms with van der Waals surface area (Å²) < 4.78 is 7.22. The molecule has 0 aromatic carbocycles. The number of unbranched alkanes of at least 4 members (excludes halogenated alkanes) is 5. The van der Waals surface area contributed by atoms with Crippen LogP contribution in [0.4, 0.5) is 0 Å². The first-order valence-corrected chi connectivity index (χ1v) is 15.0. The zero-order valence-corrected chi connectivity index (χ0v) is 24.5. The summed E-state index contributed by atoms with van der Waals surface area (Å²) in [6.07, 6.45) is 25.6. The summed E-state index contributed by atoms with van der Waals surface area (Å²) in [6, 6.07) is 0. The molecule has 1 N–H and O–H groups in total. The van der Waals surface area contributed by atoms with Crippen molar-refractivity contribution in [3.05, 3.63) is 34.9 Å². The zero-order valence-electron chi connectivity index (χ0n) is 24.5. The number of aliphatic hydroxyl groups is 1. The van der Waals surface area contributed by atoms with E-state index >= 15 is 0 Å². The standard InChI is InChI=1S/C33H58O2/c1-8-10-12-14-25-33-29(5)28(4)19-20-30(33)21-26-32(7,35-33)24-16-18-27(3)17-15-23-31(6,34)22-13-11-9-2/h17,19-20,29,34H,8-16,18,21-26H2,1-7H3/b27-17+. The molecule has 35 heavy (non-hydrogen) atoms. The van der Waals surface area contributed by atoms with Crippen molar-refractivity contribution in [1.82, 2.24) is 0 Å². The van der Waals surface area contributed by atoms with Gasteiger partial charge in [-0.1, -0.05) is 95.1 Å². The third kappa shape index (κ3) is 9.19. The van der Waals surface area contributed by atoms with Crippen LogP contribution in [0.5, 0.6) is 0 Å². The average molecular weight is 487 g/mol. The number of allylic oxidation sites excluding steroid dienone is 4. The summed E-state index contributed by atoms with van der Waals surface area (Å²) in [6.45, 7) is 15.9. The van der Waals surface area contributed by atoms with Gasteiger partial charge < -0.3 is 9.84 Å². The molecule has 0 aromatic rings. The first kappa shape index (κ1) is 30.4. The zero-order chi connectivity index (χ0) is 26.0. The number of fused-ring (bicyclic) bond motifs is 1. The molecule has 1 heterocycles. The van der Waals surface area contributed by atoms with Gasteiger partial charge in [0.1, 0.15) is 0 Å². The summed E-state index contributed by atoms with van der Waals surface area (Å²) >= 11 is 0. The molecular formula is C33H58O2. The molecule has 1 aliphatic carbocycles. The lowest BCUT2D eigenvalue weighted by molar-refractivity contribution is -0.178. The van der Waals surface area contributed by atoms with Gasteiger partial charge in [0.15, 0.2) is 0 Å². The van der Waals surface area contributed by atoms with Crippen LogP contribution in [0.25, 0.3) is 0 Å². The maximum Gasteiger partial charge on any atom is 0.0964 e. The Morgan fingerprint density at radius 1 is 1.06 bits per heavy atom. The van der Waals surface area contributed by atoms with Crippen LogP contribution in [-0.4, -0.2) is 21.9 Å². The molecule has 0 radical (unpaired) electrons. The van der Waals surface area contributed by atoms with Crippen molar-refractivity contribution in [3.63, 3.8) is 0 Å². The van der Waals surface area contributed by atoms with E-state index in [1.807, 2.05) is 6.92 Å². The Kier molecular flexibility index (Phi) is 12.3. The van der Waals surface area contributed by atoms with E-state index in [-0.39, 0.29) is 11.2 Å².